The molecule has 3 N–H and O–H groups in total. The number of nitrogens with one attached hydrogen (secondary N) is 1. The maximum atomic E-state index is 11.7. The predicted molar refractivity (Wildman–Crippen MR) is 65.1 cm³/mol. The van der Waals surface area contributed by atoms with Crippen LogP contribution in [0.1, 0.15) is 30.8 Å². The average Bonchev–Trinajstić information content (AvgIpc) is 2.70. The summed E-state index contributed by atoms with van der Waals surface area (Å²) in [4.78, 5) is 15.9. The highest BCUT2D eigenvalue weighted by Gasteiger charge is 2.28. The maximum Gasteiger partial charge on any atom is 0.271 e. The second kappa shape index (κ2) is 4.67. The van der Waals surface area contributed by atoms with Crippen molar-refractivity contribution >= 4 is 34.5 Å². The van der Waals surface area contributed by atoms with Gasteiger partial charge in [0.2, 0.25) is 0 Å². The van der Waals surface area contributed by atoms with Crippen molar-refractivity contribution in [3.8, 4) is 0 Å². The topological polar surface area (TPSA) is 68.0 Å². The van der Waals surface area contributed by atoms with Crippen molar-refractivity contribution in [3.63, 3.8) is 0 Å². The van der Waals surface area contributed by atoms with Gasteiger partial charge >= 0.3 is 0 Å². The SMILES string of the molecule is CCC(C)(NC(=O)c1cscn1)C(N)=S. The Morgan fingerprint density at radius 3 is 2.87 bits per heavy atom. The third kappa shape index (κ3) is 2.73. The first-order chi connectivity index (χ1) is 6.99. The molecule has 0 aliphatic rings. The Kier molecular flexibility index (Phi) is 3.76. The van der Waals surface area contributed by atoms with Crippen LogP contribution in [-0.4, -0.2) is 21.4 Å². The molecular formula is C9H13N3OS2. The van der Waals surface area contributed by atoms with Gasteiger partial charge in [0.1, 0.15) is 5.69 Å². The van der Waals surface area contributed by atoms with Gasteiger partial charge in [-0.25, -0.2) is 4.98 Å². The van der Waals surface area contributed by atoms with Gasteiger partial charge in [-0.15, -0.1) is 11.3 Å². The van der Waals surface area contributed by atoms with Crippen molar-refractivity contribution < 1.29 is 4.79 Å². The molecule has 1 rings (SSSR count). The van der Waals surface area contributed by atoms with Crippen molar-refractivity contribution in [1.82, 2.24) is 10.3 Å². The highest BCUT2D eigenvalue weighted by molar-refractivity contribution is 7.80. The van der Waals surface area contributed by atoms with Crippen molar-refractivity contribution in [1.29, 1.82) is 0 Å². The molecule has 0 saturated carbocycles. The van der Waals surface area contributed by atoms with E-state index in [9.17, 15) is 4.79 Å². The minimum atomic E-state index is -0.643. The van der Waals surface area contributed by atoms with E-state index in [1.54, 1.807) is 17.8 Å². The van der Waals surface area contributed by atoms with E-state index in [1.807, 2.05) is 6.92 Å². The number of hydrogen-bond donors (Lipinski definition) is 2. The molecule has 0 aliphatic carbocycles. The van der Waals surface area contributed by atoms with Crippen LogP contribution in [0.4, 0.5) is 0 Å². The van der Waals surface area contributed by atoms with Crippen LogP contribution < -0.4 is 11.1 Å². The Balaban J connectivity index is 2.77. The highest BCUT2D eigenvalue weighted by Crippen LogP contribution is 2.11. The summed E-state index contributed by atoms with van der Waals surface area (Å²) in [6, 6.07) is 0. The Bertz CT molecular complexity index is 363. The van der Waals surface area contributed by atoms with Crippen molar-refractivity contribution in [2.75, 3.05) is 0 Å². The molecule has 4 nitrogen and oxygen atoms in total. The van der Waals surface area contributed by atoms with Gasteiger partial charge in [0.25, 0.3) is 5.91 Å². The molecule has 0 aromatic carbocycles. The molecule has 0 radical (unpaired) electrons. The van der Waals surface area contributed by atoms with E-state index in [-0.39, 0.29) is 10.9 Å². The number of carbonyl (C=O) groups excluding carboxylic acids is 1. The molecule has 1 amide bonds. The molecule has 1 atom stereocenters. The first kappa shape index (κ1) is 12.1. The standard InChI is InChI=1S/C9H13N3OS2/c1-3-9(2,8(10)14)12-7(13)6-4-15-5-11-6/h4-5H,3H2,1-2H3,(H2,10,14)(H,12,13). The minimum Gasteiger partial charge on any atom is -0.391 e. The van der Waals surface area contributed by atoms with Gasteiger partial charge in [-0.1, -0.05) is 19.1 Å². The Morgan fingerprint density at radius 2 is 2.47 bits per heavy atom. The molecule has 1 unspecified atom stereocenters. The summed E-state index contributed by atoms with van der Waals surface area (Å²) in [6.45, 7) is 3.72. The van der Waals surface area contributed by atoms with Crippen LogP contribution in [0.5, 0.6) is 0 Å². The summed E-state index contributed by atoms with van der Waals surface area (Å²) in [5.74, 6) is -0.242. The number of aromatic nitrogens is 1. The first-order valence-electron chi connectivity index (χ1n) is 4.50. The minimum absolute atomic E-state index is 0.242. The summed E-state index contributed by atoms with van der Waals surface area (Å²) < 4.78 is 0. The number of nitrogens with zero attached hydrogens (tertiary/aromatic N) is 1. The van der Waals surface area contributed by atoms with Crippen LogP contribution in [-0.2, 0) is 0 Å². The molecule has 15 heavy (non-hydrogen) atoms. The number of nitrogens with two attached hydrogens (primary N) is 1. The van der Waals surface area contributed by atoms with Crippen LogP contribution in [0.15, 0.2) is 10.9 Å². The number of hydrogen-bond acceptors (Lipinski definition) is 4. The fourth-order valence-electron chi connectivity index (χ4n) is 0.963. The molecule has 0 saturated heterocycles. The number of carbonyl (C=O) groups is 1. The average molecular weight is 243 g/mol. The molecule has 0 bridgehead atoms. The Hall–Kier alpha value is -1.01. The van der Waals surface area contributed by atoms with Crippen molar-refractivity contribution in [3.05, 3.63) is 16.6 Å². The van der Waals surface area contributed by atoms with Crippen LogP contribution in [0, 0.1) is 0 Å². The molecule has 6 heteroatoms. The molecule has 1 heterocycles. The van der Waals surface area contributed by atoms with Gasteiger partial charge in [-0.05, 0) is 13.3 Å². The molecule has 0 fully saturated rings. The third-order valence-electron chi connectivity index (χ3n) is 2.31. The summed E-state index contributed by atoms with van der Waals surface area (Å²) in [5.41, 5.74) is 6.95. The van der Waals surface area contributed by atoms with E-state index in [1.165, 1.54) is 11.3 Å². The first-order valence-corrected chi connectivity index (χ1v) is 5.85. The van der Waals surface area contributed by atoms with E-state index in [0.29, 0.717) is 12.1 Å². The predicted octanol–water partition coefficient (Wildman–Crippen LogP) is 1.33. The Labute approximate surface area is 97.9 Å². The zero-order chi connectivity index (χ0) is 11.5. The quantitative estimate of drug-likeness (QED) is 0.783. The lowest BCUT2D eigenvalue weighted by Gasteiger charge is -2.27. The number of amides is 1. The summed E-state index contributed by atoms with van der Waals surface area (Å²) in [5, 5.41) is 4.47. The smallest absolute Gasteiger partial charge is 0.271 e. The zero-order valence-corrected chi connectivity index (χ0v) is 10.2. The van der Waals surface area contributed by atoms with Crippen molar-refractivity contribution in [2.24, 2.45) is 5.73 Å². The molecule has 1 aromatic heterocycles. The highest BCUT2D eigenvalue weighted by atomic mass is 32.1. The lowest BCUT2D eigenvalue weighted by Crippen LogP contribution is -2.54. The van der Waals surface area contributed by atoms with E-state index in [4.69, 9.17) is 18.0 Å². The summed E-state index contributed by atoms with van der Waals surface area (Å²) >= 11 is 6.30. The lowest BCUT2D eigenvalue weighted by molar-refractivity contribution is 0.0922. The van der Waals surface area contributed by atoms with Crippen LogP contribution in [0.3, 0.4) is 0 Å². The largest absolute Gasteiger partial charge is 0.391 e. The molecule has 82 valence electrons. The van der Waals surface area contributed by atoms with Crippen LogP contribution in [0.2, 0.25) is 0 Å². The maximum absolute atomic E-state index is 11.7. The second-order valence-corrected chi connectivity index (χ2v) is 4.54. The van der Waals surface area contributed by atoms with Crippen molar-refractivity contribution in [2.45, 2.75) is 25.8 Å². The number of rotatable bonds is 4. The van der Waals surface area contributed by atoms with E-state index in [0.717, 1.165) is 0 Å². The fourth-order valence-corrected chi connectivity index (χ4v) is 1.69. The zero-order valence-electron chi connectivity index (χ0n) is 8.61. The van der Waals surface area contributed by atoms with Crippen LogP contribution >= 0.6 is 23.6 Å². The number of thiazole rings is 1. The normalized spacial score (nSPS) is 14.3. The van der Waals surface area contributed by atoms with Gasteiger partial charge < -0.3 is 11.1 Å². The van der Waals surface area contributed by atoms with Gasteiger partial charge in [-0.2, -0.15) is 0 Å². The Morgan fingerprint density at radius 1 is 1.80 bits per heavy atom. The molecule has 0 aliphatic heterocycles. The van der Waals surface area contributed by atoms with E-state index >= 15 is 0 Å². The second-order valence-electron chi connectivity index (χ2n) is 3.38. The van der Waals surface area contributed by atoms with Gasteiger partial charge in [0, 0.05) is 5.38 Å². The molecule has 1 aromatic rings. The van der Waals surface area contributed by atoms with Gasteiger partial charge in [0.05, 0.1) is 16.0 Å². The molecular weight excluding hydrogens is 230 g/mol. The fraction of sp³-hybridized carbons (Fsp3) is 0.444. The summed E-state index contributed by atoms with van der Waals surface area (Å²) in [7, 11) is 0. The summed E-state index contributed by atoms with van der Waals surface area (Å²) in [6.07, 6.45) is 0.651. The lowest BCUT2D eigenvalue weighted by atomic mass is 9.99. The third-order valence-corrected chi connectivity index (χ3v) is 3.34. The number of thiocarbonyl (C=S) groups is 1. The van der Waals surface area contributed by atoms with E-state index < -0.39 is 5.54 Å². The van der Waals surface area contributed by atoms with E-state index in [2.05, 4.69) is 10.3 Å². The van der Waals surface area contributed by atoms with Crippen LogP contribution in [0.25, 0.3) is 0 Å². The van der Waals surface area contributed by atoms with Gasteiger partial charge in [-0.3, -0.25) is 4.79 Å². The van der Waals surface area contributed by atoms with Gasteiger partial charge in [0.15, 0.2) is 0 Å². The monoisotopic (exact) mass is 243 g/mol. The molecule has 0 spiro atoms.